The Labute approximate surface area is 160 Å². The zero-order valence-electron chi connectivity index (χ0n) is 15.8. The maximum Gasteiger partial charge on any atom is 0.319 e. The van der Waals surface area contributed by atoms with Crippen molar-refractivity contribution in [1.82, 2.24) is 10.3 Å². The molecule has 1 aliphatic rings. The number of hydrogen-bond acceptors (Lipinski definition) is 4. The van der Waals surface area contributed by atoms with E-state index >= 15 is 0 Å². The highest BCUT2D eigenvalue weighted by atomic mass is 16.5. The lowest BCUT2D eigenvalue weighted by Crippen LogP contribution is -2.39. The van der Waals surface area contributed by atoms with Crippen molar-refractivity contribution in [2.45, 2.75) is 44.6 Å². The monoisotopic (exact) mass is 368 g/mol. The third-order valence-corrected chi connectivity index (χ3v) is 4.82. The molecule has 0 atom stereocenters. The molecule has 0 saturated heterocycles. The largest absolute Gasteiger partial charge is 0.497 e. The van der Waals surface area contributed by atoms with Crippen LogP contribution in [-0.4, -0.2) is 30.7 Å². The SMILES string of the molecule is COc1cccc(CCNc2ccc(NC(=O)NC3CCCCC3)cn2)c1. The van der Waals surface area contributed by atoms with Gasteiger partial charge in [0.25, 0.3) is 0 Å². The average Bonchev–Trinajstić information content (AvgIpc) is 2.70. The number of aromatic nitrogens is 1. The molecule has 6 heteroatoms. The molecule has 0 aliphatic heterocycles. The van der Waals surface area contributed by atoms with Gasteiger partial charge in [0, 0.05) is 12.6 Å². The summed E-state index contributed by atoms with van der Waals surface area (Å²) in [5.74, 6) is 1.66. The summed E-state index contributed by atoms with van der Waals surface area (Å²) in [7, 11) is 1.67. The highest BCUT2D eigenvalue weighted by Gasteiger charge is 2.15. The number of ether oxygens (including phenoxy) is 1. The Morgan fingerprint density at radius 3 is 2.78 bits per heavy atom. The zero-order valence-corrected chi connectivity index (χ0v) is 15.8. The number of hydrogen-bond donors (Lipinski definition) is 3. The van der Waals surface area contributed by atoms with Crippen LogP contribution in [0.15, 0.2) is 42.6 Å². The predicted molar refractivity (Wildman–Crippen MR) is 108 cm³/mol. The van der Waals surface area contributed by atoms with E-state index in [1.54, 1.807) is 13.3 Å². The van der Waals surface area contributed by atoms with Crippen molar-refractivity contribution >= 4 is 17.5 Å². The lowest BCUT2D eigenvalue weighted by atomic mass is 9.96. The third-order valence-electron chi connectivity index (χ3n) is 4.82. The number of nitrogens with one attached hydrogen (secondary N) is 3. The Hall–Kier alpha value is -2.76. The minimum Gasteiger partial charge on any atom is -0.497 e. The Morgan fingerprint density at radius 2 is 2.04 bits per heavy atom. The van der Waals surface area contributed by atoms with Gasteiger partial charge in [0.05, 0.1) is 19.0 Å². The van der Waals surface area contributed by atoms with E-state index in [9.17, 15) is 4.79 Å². The standard InChI is InChI=1S/C21H28N4O2/c1-27-19-9-5-6-16(14-19)12-13-22-20-11-10-18(15-23-20)25-21(26)24-17-7-3-2-4-8-17/h5-6,9-11,14-15,17H,2-4,7-8,12-13H2,1H3,(H,22,23)(H2,24,25,26). The molecule has 0 bridgehead atoms. The summed E-state index contributed by atoms with van der Waals surface area (Å²) in [5.41, 5.74) is 1.90. The number of anilines is 2. The minimum absolute atomic E-state index is 0.151. The third kappa shape index (κ3) is 6.16. The summed E-state index contributed by atoms with van der Waals surface area (Å²) in [4.78, 5) is 16.4. The number of amides is 2. The van der Waals surface area contributed by atoms with Crippen molar-refractivity contribution in [1.29, 1.82) is 0 Å². The normalized spacial score (nSPS) is 14.4. The molecule has 0 radical (unpaired) electrons. The van der Waals surface area contributed by atoms with Crippen LogP contribution in [0.25, 0.3) is 0 Å². The maximum absolute atomic E-state index is 12.1. The summed E-state index contributed by atoms with van der Waals surface area (Å²) in [6, 6.07) is 11.9. The van der Waals surface area contributed by atoms with Gasteiger partial charge in [0.15, 0.2) is 0 Å². The summed E-state index contributed by atoms with van der Waals surface area (Å²) < 4.78 is 5.24. The molecule has 3 N–H and O–H groups in total. The number of urea groups is 1. The maximum atomic E-state index is 12.1. The van der Waals surface area contributed by atoms with Gasteiger partial charge in [-0.05, 0) is 49.1 Å². The molecule has 1 aromatic carbocycles. The molecular formula is C21H28N4O2. The lowest BCUT2D eigenvalue weighted by molar-refractivity contribution is 0.244. The van der Waals surface area contributed by atoms with Gasteiger partial charge in [-0.1, -0.05) is 31.4 Å². The lowest BCUT2D eigenvalue weighted by Gasteiger charge is -2.22. The van der Waals surface area contributed by atoms with Crippen molar-refractivity contribution < 1.29 is 9.53 Å². The number of carbonyl (C=O) groups is 1. The van der Waals surface area contributed by atoms with Crippen molar-refractivity contribution in [3.05, 3.63) is 48.2 Å². The molecule has 1 aromatic heterocycles. The summed E-state index contributed by atoms with van der Waals surface area (Å²) in [6.07, 6.45) is 8.36. The molecular weight excluding hydrogens is 340 g/mol. The summed E-state index contributed by atoms with van der Waals surface area (Å²) >= 11 is 0. The van der Waals surface area contributed by atoms with Crippen LogP contribution in [0.2, 0.25) is 0 Å². The molecule has 3 rings (SSSR count). The van der Waals surface area contributed by atoms with Crippen molar-refractivity contribution in [3.63, 3.8) is 0 Å². The molecule has 2 aromatic rings. The first-order valence-electron chi connectivity index (χ1n) is 9.63. The van der Waals surface area contributed by atoms with E-state index in [4.69, 9.17) is 4.74 Å². The van der Waals surface area contributed by atoms with E-state index in [-0.39, 0.29) is 6.03 Å². The van der Waals surface area contributed by atoms with E-state index in [2.05, 4.69) is 27.0 Å². The second-order valence-electron chi connectivity index (χ2n) is 6.89. The van der Waals surface area contributed by atoms with Crippen molar-refractivity contribution in [2.75, 3.05) is 24.3 Å². The van der Waals surface area contributed by atoms with Crippen molar-refractivity contribution in [3.8, 4) is 5.75 Å². The molecule has 27 heavy (non-hydrogen) atoms. The molecule has 1 saturated carbocycles. The first kappa shape index (κ1) is 19.0. The van der Waals surface area contributed by atoms with Gasteiger partial charge in [-0.3, -0.25) is 0 Å². The Bertz CT molecular complexity index is 727. The Morgan fingerprint density at radius 1 is 1.19 bits per heavy atom. The van der Waals surface area contributed by atoms with E-state index in [0.29, 0.717) is 11.7 Å². The van der Waals surface area contributed by atoms with Gasteiger partial charge in [-0.2, -0.15) is 0 Å². The van der Waals surface area contributed by atoms with E-state index in [1.807, 2.05) is 30.3 Å². The smallest absolute Gasteiger partial charge is 0.319 e. The number of nitrogens with zero attached hydrogens (tertiary/aromatic N) is 1. The van der Waals surface area contributed by atoms with Gasteiger partial charge < -0.3 is 20.7 Å². The van der Waals surface area contributed by atoms with Gasteiger partial charge in [-0.25, -0.2) is 9.78 Å². The van der Waals surface area contributed by atoms with E-state index < -0.39 is 0 Å². The van der Waals surface area contributed by atoms with E-state index in [0.717, 1.165) is 37.4 Å². The molecule has 1 fully saturated rings. The van der Waals surface area contributed by atoms with Crippen LogP contribution in [-0.2, 0) is 6.42 Å². The summed E-state index contributed by atoms with van der Waals surface area (Å²) in [5, 5.41) is 9.19. The fourth-order valence-corrected chi connectivity index (χ4v) is 3.33. The zero-order chi connectivity index (χ0) is 18.9. The second-order valence-corrected chi connectivity index (χ2v) is 6.89. The van der Waals surface area contributed by atoms with Crippen LogP contribution in [0.3, 0.4) is 0 Å². The van der Waals surface area contributed by atoms with Gasteiger partial charge in [0.1, 0.15) is 11.6 Å². The Balaban J connectivity index is 1.42. The Kier molecular flexibility index (Phi) is 6.90. The number of methoxy groups -OCH3 is 1. The van der Waals surface area contributed by atoms with Crippen LogP contribution < -0.4 is 20.7 Å². The van der Waals surface area contributed by atoms with Gasteiger partial charge >= 0.3 is 6.03 Å². The van der Waals surface area contributed by atoms with Crippen LogP contribution in [0.1, 0.15) is 37.7 Å². The minimum atomic E-state index is -0.151. The molecule has 144 valence electrons. The van der Waals surface area contributed by atoms with Gasteiger partial charge in [-0.15, -0.1) is 0 Å². The number of carbonyl (C=O) groups excluding carboxylic acids is 1. The van der Waals surface area contributed by atoms with Crippen LogP contribution in [0, 0.1) is 0 Å². The quantitative estimate of drug-likeness (QED) is 0.685. The van der Waals surface area contributed by atoms with Gasteiger partial charge in [0.2, 0.25) is 0 Å². The molecule has 2 amide bonds. The number of rotatable bonds is 7. The first-order chi connectivity index (χ1) is 13.2. The average molecular weight is 368 g/mol. The highest BCUT2D eigenvalue weighted by molar-refractivity contribution is 5.89. The number of pyridine rings is 1. The molecule has 6 nitrogen and oxygen atoms in total. The molecule has 0 spiro atoms. The molecule has 1 heterocycles. The van der Waals surface area contributed by atoms with E-state index in [1.165, 1.54) is 24.8 Å². The predicted octanol–water partition coefficient (Wildman–Crippen LogP) is 4.20. The molecule has 0 unspecified atom stereocenters. The number of benzene rings is 1. The van der Waals surface area contributed by atoms with Crippen LogP contribution >= 0.6 is 0 Å². The van der Waals surface area contributed by atoms with Crippen LogP contribution in [0.4, 0.5) is 16.3 Å². The molecule has 1 aliphatic carbocycles. The fraction of sp³-hybridized carbons (Fsp3) is 0.429. The fourth-order valence-electron chi connectivity index (χ4n) is 3.33. The second kappa shape index (κ2) is 9.80. The topological polar surface area (TPSA) is 75.3 Å². The highest BCUT2D eigenvalue weighted by Crippen LogP contribution is 2.18. The summed E-state index contributed by atoms with van der Waals surface area (Å²) in [6.45, 7) is 0.773. The van der Waals surface area contributed by atoms with Crippen molar-refractivity contribution in [2.24, 2.45) is 0 Å². The first-order valence-corrected chi connectivity index (χ1v) is 9.63. The van der Waals surface area contributed by atoms with Crippen LogP contribution in [0.5, 0.6) is 5.75 Å².